The lowest BCUT2D eigenvalue weighted by atomic mass is 10.1. The molecule has 0 saturated carbocycles. The van der Waals surface area contributed by atoms with Crippen LogP contribution in [0.5, 0.6) is 11.8 Å². The summed E-state index contributed by atoms with van der Waals surface area (Å²) < 4.78 is 20.4. The van der Waals surface area contributed by atoms with Crippen LogP contribution in [0.2, 0.25) is 0 Å². The standard InChI is InChI=1S/C23H24FN7O2/c1-3-19(32)30-9-4-10-31(12-11-30)22-20(21(25)27-14-28-22)16-5-6-18(17(24)13-16)33-23-26-8-7-15(2)29-23/h3,5-8,13-14H,1,4,9-12H2,2H3,(H2,25,27,28). The lowest BCUT2D eigenvalue weighted by molar-refractivity contribution is -0.125. The number of hydrogen-bond donors (Lipinski definition) is 1. The van der Waals surface area contributed by atoms with Crippen molar-refractivity contribution in [3.05, 3.63) is 61.0 Å². The number of carbonyl (C=O) groups excluding carboxylic acids is 1. The van der Waals surface area contributed by atoms with E-state index in [0.29, 0.717) is 48.8 Å². The molecule has 0 bridgehead atoms. The van der Waals surface area contributed by atoms with E-state index >= 15 is 0 Å². The van der Waals surface area contributed by atoms with Crippen molar-refractivity contribution in [3.8, 4) is 22.9 Å². The summed E-state index contributed by atoms with van der Waals surface area (Å²) >= 11 is 0. The van der Waals surface area contributed by atoms with Gasteiger partial charge in [0.2, 0.25) is 5.91 Å². The molecule has 0 radical (unpaired) electrons. The Bertz CT molecular complexity index is 1190. The highest BCUT2D eigenvalue weighted by Gasteiger charge is 2.23. The average Bonchev–Trinajstić information content (AvgIpc) is 3.06. The van der Waals surface area contributed by atoms with Gasteiger partial charge in [-0.2, -0.15) is 0 Å². The minimum Gasteiger partial charge on any atom is -0.421 e. The monoisotopic (exact) mass is 449 g/mol. The molecule has 2 N–H and O–H groups in total. The lowest BCUT2D eigenvalue weighted by Gasteiger charge is -2.25. The van der Waals surface area contributed by atoms with E-state index in [1.807, 2.05) is 4.90 Å². The fourth-order valence-electron chi connectivity index (χ4n) is 3.70. The number of halogens is 1. The Kier molecular flexibility index (Phi) is 6.43. The minimum atomic E-state index is -0.592. The molecule has 4 rings (SSSR count). The molecule has 9 nitrogen and oxygen atoms in total. The van der Waals surface area contributed by atoms with Crippen molar-refractivity contribution in [3.63, 3.8) is 0 Å². The summed E-state index contributed by atoms with van der Waals surface area (Å²) in [4.78, 5) is 32.5. The van der Waals surface area contributed by atoms with E-state index in [-0.39, 0.29) is 23.5 Å². The normalized spacial score (nSPS) is 14.0. The number of carbonyl (C=O) groups is 1. The summed E-state index contributed by atoms with van der Waals surface area (Å²) in [5.41, 5.74) is 7.95. The van der Waals surface area contributed by atoms with Gasteiger partial charge in [-0.3, -0.25) is 4.79 Å². The Morgan fingerprint density at radius 2 is 2.03 bits per heavy atom. The summed E-state index contributed by atoms with van der Waals surface area (Å²) in [6.45, 7) is 7.72. The predicted molar refractivity (Wildman–Crippen MR) is 122 cm³/mol. The number of nitrogen functional groups attached to an aromatic ring is 1. The highest BCUT2D eigenvalue weighted by Crippen LogP contribution is 2.36. The topological polar surface area (TPSA) is 110 Å². The van der Waals surface area contributed by atoms with Crippen molar-refractivity contribution >= 4 is 17.5 Å². The molecule has 0 aliphatic carbocycles. The fraction of sp³-hybridized carbons (Fsp3) is 0.261. The molecule has 1 aliphatic rings. The number of aryl methyl sites for hydroxylation is 1. The number of amides is 1. The molecule has 1 fully saturated rings. The van der Waals surface area contributed by atoms with E-state index in [9.17, 15) is 9.18 Å². The third kappa shape index (κ3) is 4.89. The highest BCUT2D eigenvalue weighted by molar-refractivity contribution is 5.87. The zero-order valence-electron chi connectivity index (χ0n) is 18.2. The van der Waals surface area contributed by atoms with Crippen LogP contribution in [0.3, 0.4) is 0 Å². The van der Waals surface area contributed by atoms with Crippen molar-refractivity contribution < 1.29 is 13.9 Å². The molecule has 0 atom stereocenters. The van der Waals surface area contributed by atoms with Gasteiger partial charge in [0, 0.05) is 38.1 Å². The molecule has 10 heteroatoms. The van der Waals surface area contributed by atoms with E-state index in [0.717, 1.165) is 6.42 Å². The molecule has 2 aromatic heterocycles. The maximum atomic E-state index is 14.9. The Balaban J connectivity index is 1.62. The van der Waals surface area contributed by atoms with Crippen molar-refractivity contribution in [2.24, 2.45) is 0 Å². The van der Waals surface area contributed by atoms with Gasteiger partial charge in [0.15, 0.2) is 11.6 Å². The largest absolute Gasteiger partial charge is 0.421 e. The van der Waals surface area contributed by atoms with Crippen LogP contribution in [0.15, 0.2) is 49.4 Å². The number of rotatable bonds is 5. The van der Waals surface area contributed by atoms with Crippen molar-refractivity contribution in [2.75, 3.05) is 36.8 Å². The van der Waals surface area contributed by atoms with Gasteiger partial charge in [0.25, 0.3) is 0 Å². The lowest BCUT2D eigenvalue weighted by Crippen LogP contribution is -2.34. The zero-order chi connectivity index (χ0) is 23.4. The zero-order valence-corrected chi connectivity index (χ0v) is 18.2. The molecule has 1 aromatic carbocycles. The maximum Gasteiger partial charge on any atom is 0.322 e. The second kappa shape index (κ2) is 9.60. The molecule has 1 aliphatic heterocycles. The quantitative estimate of drug-likeness (QED) is 0.592. The smallest absolute Gasteiger partial charge is 0.322 e. The molecule has 33 heavy (non-hydrogen) atoms. The summed E-state index contributed by atoms with van der Waals surface area (Å²) in [7, 11) is 0. The van der Waals surface area contributed by atoms with Crippen molar-refractivity contribution in [1.82, 2.24) is 24.8 Å². The van der Waals surface area contributed by atoms with Crippen LogP contribution in [0, 0.1) is 12.7 Å². The number of benzene rings is 1. The van der Waals surface area contributed by atoms with Crippen LogP contribution in [0.1, 0.15) is 12.1 Å². The van der Waals surface area contributed by atoms with Gasteiger partial charge in [-0.05, 0) is 43.2 Å². The van der Waals surface area contributed by atoms with Crippen LogP contribution in [-0.4, -0.2) is 56.9 Å². The molecular formula is C23H24FN7O2. The Morgan fingerprint density at radius 1 is 1.18 bits per heavy atom. The Hall–Kier alpha value is -4.08. The fourth-order valence-corrected chi connectivity index (χ4v) is 3.70. The van der Waals surface area contributed by atoms with E-state index in [1.54, 1.807) is 30.2 Å². The van der Waals surface area contributed by atoms with Crippen molar-refractivity contribution in [1.29, 1.82) is 0 Å². The summed E-state index contributed by atoms with van der Waals surface area (Å²) in [6, 6.07) is 6.31. The van der Waals surface area contributed by atoms with Gasteiger partial charge < -0.3 is 20.3 Å². The second-order valence-corrected chi connectivity index (χ2v) is 7.56. The minimum absolute atomic E-state index is 0.00493. The second-order valence-electron chi connectivity index (χ2n) is 7.56. The Morgan fingerprint density at radius 3 is 2.79 bits per heavy atom. The molecule has 0 unspecified atom stereocenters. The molecule has 0 spiro atoms. The average molecular weight is 449 g/mol. The number of ether oxygens (including phenoxy) is 1. The van der Waals surface area contributed by atoms with Gasteiger partial charge in [0.1, 0.15) is 18.0 Å². The number of anilines is 2. The van der Waals surface area contributed by atoms with Gasteiger partial charge in [-0.1, -0.05) is 12.6 Å². The maximum absolute atomic E-state index is 14.9. The molecule has 3 aromatic rings. The van der Waals surface area contributed by atoms with Crippen LogP contribution in [-0.2, 0) is 4.79 Å². The molecule has 1 amide bonds. The number of nitrogens with two attached hydrogens (primary N) is 1. The molecule has 1 saturated heterocycles. The SMILES string of the molecule is C=CC(=O)N1CCCN(c2ncnc(N)c2-c2ccc(Oc3nccc(C)n3)c(F)c2)CC1. The van der Waals surface area contributed by atoms with Crippen LogP contribution in [0.25, 0.3) is 11.1 Å². The van der Waals surface area contributed by atoms with Gasteiger partial charge in [0.05, 0.1) is 5.56 Å². The highest BCUT2D eigenvalue weighted by atomic mass is 19.1. The predicted octanol–water partition coefficient (Wildman–Crippen LogP) is 2.98. The van der Waals surface area contributed by atoms with Crippen molar-refractivity contribution in [2.45, 2.75) is 13.3 Å². The summed E-state index contributed by atoms with van der Waals surface area (Å²) in [5, 5.41) is 0. The van der Waals surface area contributed by atoms with Gasteiger partial charge in [-0.15, -0.1) is 0 Å². The van der Waals surface area contributed by atoms with Gasteiger partial charge >= 0.3 is 6.01 Å². The van der Waals surface area contributed by atoms with Gasteiger partial charge in [-0.25, -0.2) is 24.3 Å². The first-order valence-electron chi connectivity index (χ1n) is 10.5. The first kappa shape index (κ1) is 22.1. The number of nitrogens with zero attached hydrogens (tertiary/aromatic N) is 6. The molecule has 170 valence electrons. The third-order valence-electron chi connectivity index (χ3n) is 5.33. The van der Waals surface area contributed by atoms with Crippen LogP contribution in [0.4, 0.5) is 16.0 Å². The first-order chi connectivity index (χ1) is 16.0. The third-order valence-corrected chi connectivity index (χ3v) is 5.33. The van der Waals surface area contributed by atoms with E-state index in [1.165, 1.54) is 24.5 Å². The van der Waals surface area contributed by atoms with Crippen LogP contribution >= 0.6 is 0 Å². The van der Waals surface area contributed by atoms with E-state index in [4.69, 9.17) is 10.5 Å². The summed E-state index contributed by atoms with van der Waals surface area (Å²) in [6.07, 6.45) is 5.00. The van der Waals surface area contributed by atoms with E-state index < -0.39 is 5.82 Å². The summed E-state index contributed by atoms with van der Waals surface area (Å²) in [5.74, 6) is 0.124. The Labute approximate surface area is 190 Å². The number of hydrogen-bond acceptors (Lipinski definition) is 8. The molecule has 3 heterocycles. The first-order valence-corrected chi connectivity index (χ1v) is 10.5. The molecular weight excluding hydrogens is 425 g/mol. The number of aromatic nitrogens is 4. The van der Waals surface area contributed by atoms with Crippen LogP contribution < -0.4 is 15.4 Å². The van der Waals surface area contributed by atoms with E-state index in [2.05, 4.69) is 26.5 Å².